The molecule has 7 heteroatoms. The Hall–Kier alpha value is -3.06. The normalized spacial score (nSPS) is 16.0. The first-order valence-electron chi connectivity index (χ1n) is 9.89. The van der Waals surface area contributed by atoms with E-state index in [4.69, 9.17) is 0 Å². The smallest absolute Gasteiger partial charge is 0.237 e. The van der Waals surface area contributed by atoms with Crippen molar-refractivity contribution in [3.05, 3.63) is 66.0 Å². The Morgan fingerprint density at radius 1 is 1.17 bits per heavy atom. The van der Waals surface area contributed by atoms with Gasteiger partial charge in [0.15, 0.2) is 5.16 Å². The number of nitrogens with one attached hydrogen (secondary N) is 1. The number of aromatic nitrogens is 2. The molecule has 1 aliphatic rings. The van der Waals surface area contributed by atoms with Gasteiger partial charge >= 0.3 is 0 Å². The largest absolute Gasteiger partial charge is 0.324 e. The van der Waals surface area contributed by atoms with Crippen LogP contribution in [0.5, 0.6) is 0 Å². The van der Waals surface area contributed by atoms with Gasteiger partial charge in [-0.15, -0.1) is 0 Å². The van der Waals surface area contributed by atoms with E-state index >= 15 is 0 Å². The van der Waals surface area contributed by atoms with Crippen molar-refractivity contribution < 1.29 is 9.59 Å². The molecule has 154 valence electrons. The van der Waals surface area contributed by atoms with Gasteiger partial charge in [0, 0.05) is 24.9 Å². The number of hydrogen-bond acceptors (Lipinski definition) is 4. The van der Waals surface area contributed by atoms with E-state index in [1.807, 2.05) is 48.0 Å². The molecule has 30 heavy (non-hydrogen) atoms. The molecule has 4 rings (SSSR count). The van der Waals surface area contributed by atoms with Crippen LogP contribution in [-0.2, 0) is 9.59 Å². The first-order valence-corrected chi connectivity index (χ1v) is 10.9. The molecular formula is C23H24N4O2S. The third-order valence-electron chi connectivity index (χ3n) is 5.40. The maximum atomic E-state index is 13.2. The number of anilines is 2. The topological polar surface area (TPSA) is 67.2 Å². The molecule has 0 unspecified atom stereocenters. The minimum atomic E-state index is -0.222. The number of aryl methyl sites for hydroxylation is 1. The van der Waals surface area contributed by atoms with Crippen LogP contribution < -0.4 is 10.2 Å². The molecule has 0 bridgehead atoms. The van der Waals surface area contributed by atoms with Crippen molar-refractivity contribution in [1.82, 2.24) is 9.55 Å². The van der Waals surface area contributed by atoms with E-state index in [-0.39, 0.29) is 30.0 Å². The zero-order chi connectivity index (χ0) is 21.3. The van der Waals surface area contributed by atoms with Gasteiger partial charge in [-0.1, -0.05) is 36.0 Å². The summed E-state index contributed by atoms with van der Waals surface area (Å²) >= 11 is 1.40. The second-order valence-electron chi connectivity index (χ2n) is 7.47. The monoisotopic (exact) mass is 420 g/mol. The van der Waals surface area contributed by atoms with Gasteiger partial charge in [-0.05, 0) is 50.1 Å². The summed E-state index contributed by atoms with van der Waals surface area (Å²) in [4.78, 5) is 31.6. The Bertz CT molecular complexity index is 1110. The lowest BCUT2D eigenvalue weighted by Gasteiger charge is -2.27. The minimum absolute atomic E-state index is 0.0491. The maximum Gasteiger partial charge on any atom is 0.237 e. The molecule has 1 aliphatic heterocycles. The highest BCUT2D eigenvalue weighted by atomic mass is 32.2. The van der Waals surface area contributed by atoms with E-state index in [2.05, 4.69) is 36.3 Å². The molecule has 1 atom stereocenters. The molecule has 2 heterocycles. The summed E-state index contributed by atoms with van der Waals surface area (Å²) < 4.78 is 2.02. The number of thioether (sulfide) groups is 1. The van der Waals surface area contributed by atoms with Gasteiger partial charge in [-0.25, -0.2) is 4.98 Å². The van der Waals surface area contributed by atoms with Crippen molar-refractivity contribution in [2.24, 2.45) is 0 Å². The summed E-state index contributed by atoms with van der Waals surface area (Å²) in [6, 6.07) is 13.4. The molecule has 0 saturated carbocycles. The third-order valence-corrected chi connectivity index (χ3v) is 6.35. The number of fused-ring (bicyclic) bond motifs is 1. The molecule has 6 nitrogen and oxygen atoms in total. The number of imidazole rings is 1. The van der Waals surface area contributed by atoms with Gasteiger partial charge < -0.3 is 10.2 Å². The predicted octanol–water partition coefficient (Wildman–Crippen LogP) is 4.35. The number of carbonyl (C=O) groups is 2. The molecule has 0 spiro atoms. The van der Waals surface area contributed by atoms with E-state index in [1.165, 1.54) is 22.9 Å². The van der Waals surface area contributed by atoms with E-state index < -0.39 is 0 Å². The average Bonchev–Trinajstić information content (AvgIpc) is 3.13. The van der Waals surface area contributed by atoms with E-state index in [1.54, 1.807) is 11.1 Å². The Morgan fingerprint density at radius 3 is 2.77 bits per heavy atom. The molecule has 2 amide bonds. The van der Waals surface area contributed by atoms with Crippen LogP contribution in [0.3, 0.4) is 0 Å². The van der Waals surface area contributed by atoms with Gasteiger partial charge in [0.1, 0.15) is 0 Å². The average molecular weight is 421 g/mol. The van der Waals surface area contributed by atoms with Crippen LogP contribution in [0.2, 0.25) is 0 Å². The van der Waals surface area contributed by atoms with Crippen molar-refractivity contribution in [2.45, 2.75) is 38.4 Å². The van der Waals surface area contributed by atoms with E-state index in [9.17, 15) is 9.59 Å². The molecule has 0 saturated heterocycles. The highest BCUT2D eigenvalue weighted by Crippen LogP contribution is 2.32. The summed E-state index contributed by atoms with van der Waals surface area (Å²) in [5, 5.41) is 3.66. The predicted molar refractivity (Wildman–Crippen MR) is 120 cm³/mol. The van der Waals surface area contributed by atoms with Crippen LogP contribution >= 0.6 is 11.8 Å². The molecule has 3 aromatic rings. The Labute approximate surface area is 180 Å². The first-order chi connectivity index (χ1) is 14.5. The molecule has 2 aromatic carbocycles. The third kappa shape index (κ3) is 3.85. The Morgan fingerprint density at radius 2 is 1.93 bits per heavy atom. The summed E-state index contributed by atoms with van der Waals surface area (Å²) in [6.07, 6.45) is 3.93. The van der Waals surface area contributed by atoms with Gasteiger partial charge in [0.05, 0.1) is 22.8 Å². The van der Waals surface area contributed by atoms with Gasteiger partial charge in [-0.2, -0.15) is 0 Å². The fourth-order valence-electron chi connectivity index (χ4n) is 3.74. The van der Waals surface area contributed by atoms with Gasteiger partial charge in [0.25, 0.3) is 0 Å². The van der Waals surface area contributed by atoms with E-state index in [0.29, 0.717) is 5.69 Å². The molecule has 0 radical (unpaired) electrons. The van der Waals surface area contributed by atoms with Crippen LogP contribution in [0.1, 0.15) is 24.5 Å². The fraction of sp³-hybridized carbons (Fsp3) is 0.261. The molecule has 1 aromatic heterocycles. The van der Waals surface area contributed by atoms with Crippen LogP contribution in [0.15, 0.2) is 60.0 Å². The molecule has 1 N–H and O–H groups in total. The van der Waals surface area contributed by atoms with Crippen LogP contribution in [0.25, 0.3) is 5.69 Å². The summed E-state index contributed by atoms with van der Waals surface area (Å²) in [5.74, 6) is 0.102. The number of amides is 2. The van der Waals surface area contributed by atoms with Crippen molar-refractivity contribution in [3.8, 4) is 5.69 Å². The molecular weight excluding hydrogens is 396 g/mol. The maximum absolute atomic E-state index is 13.2. The summed E-state index contributed by atoms with van der Waals surface area (Å²) in [7, 11) is 0. The van der Waals surface area contributed by atoms with Gasteiger partial charge in [-0.3, -0.25) is 14.2 Å². The second kappa shape index (κ2) is 8.36. The zero-order valence-corrected chi connectivity index (χ0v) is 18.1. The quantitative estimate of drug-likeness (QED) is 0.638. The number of benzene rings is 2. The molecule has 0 fully saturated rings. The lowest BCUT2D eigenvalue weighted by molar-refractivity contribution is -0.117. The number of carbonyl (C=O) groups excluding carboxylic acids is 2. The summed E-state index contributed by atoms with van der Waals surface area (Å²) in [5.41, 5.74) is 4.86. The van der Waals surface area contributed by atoms with Crippen LogP contribution in [-0.4, -0.2) is 33.2 Å². The number of nitrogens with zero attached hydrogens (tertiary/aromatic N) is 3. The first kappa shape index (κ1) is 20.2. The zero-order valence-electron chi connectivity index (χ0n) is 17.3. The van der Waals surface area contributed by atoms with Crippen LogP contribution in [0.4, 0.5) is 11.4 Å². The number of hydrogen-bond donors (Lipinski definition) is 1. The Kier molecular flexibility index (Phi) is 5.63. The fourth-order valence-corrected chi connectivity index (χ4v) is 4.57. The standard InChI is InChI=1S/C23H24N4O2S/c1-15-7-6-10-19(17(15)3)26-12-11-24-23(26)30-14-22(29)27-16(2)13-21(28)25-18-8-4-5-9-20(18)27/h4-12,16H,13-14H2,1-3H3,(H,25,28)/t16-/m1/s1. The Balaban J connectivity index is 1.57. The highest BCUT2D eigenvalue weighted by Gasteiger charge is 2.29. The lowest BCUT2D eigenvalue weighted by Crippen LogP contribution is -2.40. The SMILES string of the molecule is Cc1cccc(-n2ccnc2SCC(=O)N2c3ccccc3NC(=O)C[C@H]2C)c1C. The minimum Gasteiger partial charge on any atom is -0.324 e. The van der Waals surface area contributed by atoms with Crippen molar-refractivity contribution in [3.63, 3.8) is 0 Å². The van der Waals surface area contributed by atoms with Crippen molar-refractivity contribution >= 4 is 35.0 Å². The molecule has 0 aliphatic carbocycles. The second-order valence-corrected chi connectivity index (χ2v) is 8.41. The number of para-hydroxylation sites is 2. The number of rotatable bonds is 4. The van der Waals surface area contributed by atoms with Crippen LogP contribution in [0, 0.1) is 13.8 Å². The summed E-state index contributed by atoms with van der Waals surface area (Å²) in [6.45, 7) is 6.07. The highest BCUT2D eigenvalue weighted by molar-refractivity contribution is 7.99. The van der Waals surface area contributed by atoms with Crippen molar-refractivity contribution in [1.29, 1.82) is 0 Å². The van der Waals surface area contributed by atoms with Crippen molar-refractivity contribution in [2.75, 3.05) is 16.0 Å². The lowest BCUT2D eigenvalue weighted by atomic mass is 10.1. The van der Waals surface area contributed by atoms with Gasteiger partial charge in [0.2, 0.25) is 11.8 Å². The van der Waals surface area contributed by atoms with E-state index in [0.717, 1.165) is 16.5 Å².